The zero-order valence-electron chi connectivity index (χ0n) is 17.7. The average molecular weight is 422 g/mol. The van der Waals surface area contributed by atoms with Crippen molar-refractivity contribution in [3.63, 3.8) is 0 Å². The second kappa shape index (κ2) is 10.4. The van der Waals surface area contributed by atoms with E-state index in [1.165, 1.54) is 4.68 Å². The predicted octanol–water partition coefficient (Wildman–Crippen LogP) is 1.62. The number of benzene rings is 1. The average Bonchev–Trinajstić information content (AvgIpc) is 2.80. The molecule has 8 heteroatoms. The maximum Gasteiger partial charge on any atom is 0.272 e. The molecule has 2 heterocycles. The number of nitrogens with zero attached hydrogens (tertiary/aromatic N) is 2. The first-order chi connectivity index (χ1) is 15.0. The van der Waals surface area contributed by atoms with Crippen molar-refractivity contribution >= 4 is 5.91 Å². The van der Waals surface area contributed by atoms with E-state index in [0.29, 0.717) is 30.9 Å². The van der Waals surface area contributed by atoms with E-state index >= 15 is 0 Å². The van der Waals surface area contributed by atoms with Gasteiger partial charge in [-0.3, -0.25) is 14.6 Å². The molecule has 4 N–H and O–H groups in total. The molecule has 0 aliphatic heterocycles. The van der Waals surface area contributed by atoms with Crippen molar-refractivity contribution in [2.75, 3.05) is 12.5 Å². The second-order valence-electron chi connectivity index (χ2n) is 7.14. The Balaban J connectivity index is 1.68. The van der Waals surface area contributed by atoms with Crippen molar-refractivity contribution in [2.24, 2.45) is 5.73 Å². The molecule has 3 rings (SSSR count). The Morgan fingerprint density at radius 3 is 2.74 bits per heavy atom. The van der Waals surface area contributed by atoms with Crippen molar-refractivity contribution in [1.29, 1.82) is 0 Å². The lowest BCUT2D eigenvalue weighted by Gasteiger charge is -2.14. The second-order valence-corrected chi connectivity index (χ2v) is 7.14. The normalized spacial score (nSPS) is 10.5. The molecule has 0 fully saturated rings. The van der Waals surface area contributed by atoms with Crippen LogP contribution in [0.2, 0.25) is 0 Å². The van der Waals surface area contributed by atoms with Gasteiger partial charge in [0, 0.05) is 37.2 Å². The van der Waals surface area contributed by atoms with E-state index in [2.05, 4.69) is 15.7 Å². The topological polar surface area (TPSA) is 111 Å². The van der Waals surface area contributed by atoms with E-state index in [9.17, 15) is 9.59 Å². The third kappa shape index (κ3) is 5.70. The van der Waals surface area contributed by atoms with Crippen LogP contribution in [-0.4, -0.2) is 22.7 Å². The number of nitrogens with two attached hydrogens (primary N) is 1. The molecule has 0 saturated carbocycles. The first-order valence-corrected chi connectivity index (χ1v) is 9.98. The molecule has 0 bridgehead atoms. The molecule has 0 saturated heterocycles. The molecule has 162 valence electrons. The number of hydrogen-bond acceptors (Lipinski definition) is 6. The SMILES string of the molecule is COc1ccc(CN)c(CNC(=O)Cc2c(C)ccn(NCc3cccnc3)c2=O)c1. The Morgan fingerprint density at radius 1 is 1.19 bits per heavy atom. The maximum absolute atomic E-state index is 12.9. The minimum absolute atomic E-state index is 0.0119. The van der Waals surface area contributed by atoms with Crippen molar-refractivity contribution < 1.29 is 9.53 Å². The van der Waals surface area contributed by atoms with Gasteiger partial charge in [-0.25, -0.2) is 4.68 Å². The van der Waals surface area contributed by atoms with E-state index in [-0.39, 0.29) is 17.9 Å². The summed E-state index contributed by atoms with van der Waals surface area (Å²) in [7, 11) is 1.59. The van der Waals surface area contributed by atoms with Gasteiger partial charge in [-0.1, -0.05) is 12.1 Å². The number of ether oxygens (including phenoxy) is 1. The third-order valence-electron chi connectivity index (χ3n) is 5.05. The zero-order valence-corrected chi connectivity index (χ0v) is 17.7. The molecule has 0 atom stereocenters. The van der Waals surface area contributed by atoms with Gasteiger partial charge in [-0.05, 0) is 53.4 Å². The van der Waals surface area contributed by atoms with E-state index in [0.717, 1.165) is 22.3 Å². The molecular weight excluding hydrogens is 394 g/mol. The summed E-state index contributed by atoms with van der Waals surface area (Å²) in [5.74, 6) is 0.457. The van der Waals surface area contributed by atoms with Gasteiger partial charge < -0.3 is 21.2 Å². The van der Waals surface area contributed by atoms with Gasteiger partial charge in [-0.2, -0.15) is 0 Å². The first kappa shape index (κ1) is 22.0. The van der Waals surface area contributed by atoms with Crippen molar-refractivity contribution in [2.45, 2.75) is 33.0 Å². The molecule has 3 aromatic rings. The molecule has 8 nitrogen and oxygen atoms in total. The van der Waals surface area contributed by atoms with Crippen LogP contribution in [0.1, 0.15) is 27.8 Å². The van der Waals surface area contributed by atoms with Crippen LogP contribution in [0.4, 0.5) is 0 Å². The monoisotopic (exact) mass is 421 g/mol. The highest BCUT2D eigenvalue weighted by molar-refractivity contribution is 5.78. The molecule has 0 aliphatic carbocycles. The molecule has 0 unspecified atom stereocenters. The zero-order chi connectivity index (χ0) is 22.2. The smallest absolute Gasteiger partial charge is 0.272 e. The van der Waals surface area contributed by atoms with Crippen LogP contribution >= 0.6 is 0 Å². The molecule has 0 spiro atoms. The van der Waals surface area contributed by atoms with Crippen molar-refractivity contribution in [3.8, 4) is 5.75 Å². The summed E-state index contributed by atoms with van der Waals surface area (Å²) in [4.78, 5) is 29.5. The lowest BCUT2D eigenvalue weighted by atomic mass is 10.1. The lowest BCUT2D eigenvalue weighted by Crippen LogP contribution is -2.34. The highest BCUT2D eigenvalue weighted by Gasteiger charge is 2.13. The largest absolute Gasteiger partial charge is 0.497 e. The number of pyridine rings is 2. The number of nitrogens with one attached hydrogen (secondary N) is 2. The fraction of sp³-hybridized carbons (Fsp3) is 0.261. The van der Waals surface area contributed by atoms with E-state index < -0.39 is 0 Å². The Labute approximate surface area is 181 Å². The number of carbonyl (C=O) groups excluding carboxylic acids is 1. The number of amides is 1. The summed E-state index contributed by atoms with van der Waals surface area (Å²) in [6, 6.07) is 11.1. The summed E-state index contributed by atoms with van der Waals surface area (Å²) >= 11 is 0. The highest BCUT2D eigenvalue weighted by atomic mass is 16.5. The van der Waals surface area contributed by atoms with Gasteiger partial charge in [0.15, 0.2) is 0 Å². The maximum atomic E-state index is 12.9. The standard InChI is InChI=1S/C23H27N5O3/c1-16-7-9-28(27-14-17-4-3-8-25-13-17)23(30)21(16)11-22(29)26-15-19-10-20(31-2)6-5-18(19)12-24/h3-10,13,27H,11-12,14-15,24H2,1-2H3,(H,26,29). The first-order valence-electron chi connectivity index (χ1n) is 9.98. The van der Waals surface area contributed by atoms with Gasteiger partial charge >= 0.3 is 0 Å². The Morgan fingerprint density at radius 2 is 2.03 bits per heavy atom. The van der Waals surface area contributed by atoms with Crippen molar-refractivity contribution in [3.05, 3.63) is 93.2 Å². The lowest BCUT2D eigenvalue weighted by molar-refractivity contribution is -0.120. The number of methoxy groups -OCH3 is 1. The van der Waals surface area contributed by atoms with Crippen LogP contribution in [0.25, 0.3) is 0 Å². The Kier molecular flexibility index (Phi) is 7.40. The van der Waals surface area contributed by atoms with E-state index in [1.54, 1.807) is 25.7 Å². The van der Waals surface area contributed by atoms with Gasteiger partial charge in [-0.15, -0.1) is 0 Å². The summed E-state index contributed by atoms with van der Waals surface area (Å²) in [6.45, 7) is 2.94. The van der Waals surface area contributed by atoms with Crippen LogP contribution in [0, 0.1) is 6.92 Å². The fourth-order valence-corrected chi connectivity index (χ4v) is 3.20. The number of aromatic nitrogens is 2. The van der Waals surface area contributed by atoms with Gasteiger partial charge in [0.25, 0.3) is 5.56 Å². The van der Waals surface area contributed by atoms with E-state index in [4.69, 9.17) is 10.5 Å². The fourth-order valence-electron chi connectivity index (χ4n) is 3.20. The van der Waals surface area contributed by atoms with Crippen LogP contribution in [0.3, 0.4) is 0 Å². The van der Waals surface area contributed by atoms with Crippen molar-refractivity contribution in [1.82, 2.24) is 15.0 Å². The number of hydrogen-bond donors (Lipinski definition) is 3. The summed E-state index contributed by atoms with van der Waals surface area (Å²) in [6.07, 6.45) is 5.08. The predicted molar refractivity (Wildman–Crippen MR) is 119 cm³/mol. The van der Waals surface area contributed by atoms with Crippen LogP contribution in [0.5, 0.6) is 5.75 Å². The number of aryl methyl sites for hydroxylation is 1. The van der Waals surface area contributed by atoms with Crippen LogP contribution in [0.15, 0.2) is 59.8 Å². The molecular formula is C23H27N5O3. The molecule has 0 radical (unpaired) electrons. The number of carbonyl (C=O) groups is 1. The Bertz CT molecular complexity index is 1100. The molecule has 2 aromatic heterocycles. The van der Waals surface area contributed by atoms with E-state index in [1.807, 2.05) is 43.3 Å². The molecule has 1 amide bonds. The molecule has 0 aliphatic rings. The molecule has 31 heavy (non-hydrogen) atoms. The third-order valence-corrected chi connectivity index (χ3v) is 5.05. The molecule has 1 aromatic carbocycles. The number of rotatable bonds is 9. The van der Waals surface area contributed by atoms with Gasteiger partial charge in [0.2, 0.25) is 5.91 Å². The van der Waals surface area contributed by atoms with Gasteiger partial charge in [0.1, 0.15) is 5.75 Å². The Hall–Kier alpha value is -3.65. The summed E-state index contributed by atoms with van der Waals surface area (Å²) < 4.78 is 6.65. The summed E-state index contributed by atoms with van der Waals surface area (Å²) in [5.41, 5.74) is 12.6. The van der Waals surface area contributed by atoms with Crippen LogP contribution in [-0.2, 0) is 30.8 Å². The minimum atomic E-state index is -0.247. The summed E-state index contributed by atoms with van der Waals surface area (Å²) in [5, 5.41) is 2.88. The minimum Gasteiger partial charge on any atom is -0.497 e. The quantitative estimate of drug-likeness (QED) is 0.484. The highest BCUT2D eigenvalue weighted by Crippen LogP contribution is 2.17. The van der Waals surface area contributed by atoms with Crippen LogP contribution < -0.4 is 26.8 Å². The van der Waals surface area contributed by atoms with Gasteiger partial charge in [0.05, 0.1) is 20.1 Å².